The van der Waals surface area contributed by atoms with Crippen molar-refractivity contribution in [2.75, 3.05) is 12.3 Å². The van der Waals surface area contributed by atoms with Crippen LogP contribution in [0.15, 0.2) is 0 Å². The molecule has 0 aromatic carbocycles. The number of carbonyl (C=O) groups excluding carboxylic acids is 1. The smallest absolute Gasteiger partial charge is 0.219 e. The molecule has 1 saturated heterocycles. The zero-order valence-corrected chi connectivity index (χ0v) is 9.79. The second-order valence-electron chi connectivity index (χ2n) is 4.02. The van der Waals surface area contributed by atoms with Gasteiger partial charge < -0.3 is 4.90 Å². The van der Waals surface area contributed by atoms with Gasteiger partial charge in [0.2, 0.25) is 15.9 Å². The average molecular weight is 234 g/mol. The van der Waals surface area contributed by atoms with Gasteiger partial charge in [0.05, 0.1) is 5.75 Å². The van der Waals surface area contributed by atoms with E-state index >= 15 is 0 Å². The highest BCUT2D eigenvalue weighted by molar-refractivity contribution is 7.89. The fourth-order valence-corrected chi connectivity index (χ4v) is 2.62. The monoisotopic (exact) mass is 234 g/mol. The van der Waals surface area contributed by atoms with E-state index in [9.17, 15) is 13.2 Å². The molecule has 0 aromatic heterocycles. The Hall–Kier alpha value is -0.620. The van der Waals surface area contributed by atoms with E-state index < -0.39 is 10.0 Å². The number of amides is 1. The maximum atomic E-state index is 11.3. The van der Waals surface area contributed by atoms with Crippen molar-refractivity contribution in [2.24, 2.45) is 5.14 Å². The van der Waals surface area contributed by atoms with Crippen LogP contribution in [-0.2, 0) is 14.8 Å². The number of likely N-dealkylation sites (tertiary alicyclic amines) is 1. The predicted molar refractivity (Wildman–Crippen MR) is 57.6 cm³/mol. The van der Waals surface area contributed by atoms with Gasteiger partial charge in [0.15, 0.2) is 0 Å². The molecule has 1 atom stereocenters. The highest BCUT2D eigenvalue weighted by Gasteiger charge is 2.24. The SMILES string of the molecule is CC(=O)N1CCCCC1CCS(N)(=O)=O. The zero-order valence-electron chi connectivity index (χ0n) is 8.98. The van der Waals surface area contributed by atoms with Crippen LogP contribution in [0.1, 0.15) is 32.6 Å². The molecule has 6 heteroatoms. The van der Waals surface area contributed by atoms with Crippen LogP contribution in [-0.4, -0.2) is 37.6 Å². The number of hydrogen-bond donors (Lipinski definition) is 1. The second-order valence-corrected chi connectivity index (χ2v) is 5.75. The second kappa shape index (κ2) is 4.94. The largest absolute Gasteiger partial charge is 0.340 e. The Labute approximate surface area is 90.7 Å². The lowest BCUT2D eigenvalue weighted by molar-refractivity contribution is -0.132. The lowest BCUT2D eigenvalue weighted by Gasteiger charge is -2.35. The summed E-state index contributed by atoms with van der Waals surface area (Å²) in [6.45, 7) is 2.26. The summed E-state index contributed by atoms with van der Waals surface area (Å²) in [5, 5.41) is 4.94. The van der Waals surface area contributed by atoms with Gasteiger partial charge >= 0.3 is 0 Å². The van der Waals surface area contributed by atoms with E-state index in [1.807, 2.05) is 0 Å². The molecule has 0 saturated carbocycles. The number of sulfonamides is 1. The van der Waals surface area contributed by atoms with Gasteiger partial charge in [-0.05, 0) is 25.7 Å². The maximum absolute atomic E-state index is 11.3. The number of rotatable bonds is 3. The summed E-state index contributed by atoms with van der Waals surface area (Å²) in [5.74, 6) is -0.0179. The highest BCUT2D eigenvalue weighted by atomic mass is 32.2. The van der Waals surface area contributed by atoms with Crippen molar-refractivity contribution >= 4 is 15.9 Å². The molecule has 0 aromatic rings. The predicted octanol–water partition coefficient (Wildman–Crippen LogP) is 0.0660. The fraction of sp³-hybridized carbons (Fsp3) is 0.889. The van der Waals surface area contributed by atoms with E-state index in [2.05, 4.69) is 0 Å². The topological polar surface area (TPSA) is 80.5 Å². The normalized spacial score (nSPS) is 22.8. The standard InChI is InChI=1S/C9H18N2O3S/c1-8(12)11-6-3-2-4-9(11)5-7-15(10,13)14/h9H,2-7H2,1H3,(H2,10,13,14). The third kappa shape index (κ3) is 4.17. The molecule has 0 radical (unpaired) electrons. The van der Waals surface area contributed by atoms with Crippen molar-refractivity contribution in [3.63, 3.8) is 0 Å². The van der Waals surface area contributed by atoms with Crippen LogP contribution in [0.4, 0.5) is 0 Å². The quantitative estimate of drug-likeness (QED) is 0.750. The molecule has 5 nitrogen and oxygen atoms in total. The van der Waals surface area contributed by atoms with Crippen LogP contribution in [0.5, 0.6) is 0 Å². The first-order valence-electron chi connectivity index (χ1n) is 5.18. The van der Waals surface area contributed by atoms with Crippen molar-refractivity contribution < 1.29 is 13.2 Å². The number of piperidine rings is 1. The molecular weight excluding hydrogens is 216 g/mol. The van der Waals surface area contributed by atoms with Crippen LogP contribution in [0.25, 0.3) is 0 Å². The number of primary sulfonamides is 1. The number of nitrogens with zero attached hydrogens (tertiary/aromatic N) is 1. The summed E-state index contributed by atoms with van der Waals surface area (Å²) in [7, 11) is -3.41. The molecule has 88 valence electrons. The Morgan fingerprint density at radius 1 is 1.47 bits per heavy atom. The molecule has 1 heterocycles. The molecule has 1 rings (SSSR count). The van der Waals surface area contributed by atoms with Gasteiger partial charge in [-0.1, -0.05) is 0 Å². The van der Waals surface area contributed by atoms with Gasteiger partial charge in [-0.3, -0.25) is 4.79 Å². The van der Waals surface area contributed by atoms with E-state index in [0.29, 0.717) is 6.42 Å². The van der Waals surface area contributed by atoms with Gasteiger partial charge in [0.1, 0.15) is 0 Å². The lowest BCUT2D eigenvalue weighted by Crippen LogP contribution is -2.43. The van der Waals surface area contributed by atoms with Gasteiger partial charge in [0, 0.05) is 19.5 Å². The molecule has 1 amide bonds. The molecule has 2 N–H and O–H groups in total. The Kier molecular flexibility index (Phi) is 4.10. The van der Waals surface area contributed by atoms with Crippen molar-refractivity contribution in [1.82, 2.24) is 4.90 Å². The van der Waals surface area contributed by atoms with Gasteiger partial charge in [-0.25, -0.2) is 13.6 Å². The molecule has 0 aliphatic carbocycles. The van der Waals surface area contributed by atoms with E-state index in [0.717, 1.165) is 25.8 Å². The Bertz CT molecular complexity index is 326. The van der Waals surface area contributed by atoms with Crippen LogP contribution < -0.4 is 5.14 Å². The number of nitrogens with two attached hydrogens (primary N) is 1. The van der Waals surface area contributed by atoms with Gasteiger partial charge in [-0.2, -0.15) is 0 Å². The summed E-state index contributed by atoms with van der Waals surface area (Å²) in [6.07, 6.45) is 3.40. The molecular formula is C9H18N2O3S. The molecule has 1 aliphatic rings. The van der Waals surface area contributed by atoms with Crippen molar-refractivity contribution in [3.8, 4) is 0 Å². The molecule has 0 bridgehead atoms. The minimum absolute atomic E-state index is 0.0223. The summed E-state index contributed by atoms with van der Waals surface area (Å²) >= 11 is 0. The fourth-order valence-electron chi connectivity index (χ4n) is 2.02. The minimum Gasteiger partial charge on any atom is -0.340 e. The van der Waals surface area contributed by atoms with E-state index in [1.165, 1.54) is 6.92 Å². The summed E-state index contributed by atoms with van der Waals surface area (Å²) in [6, 6.07) is 0.0505. The number of carbonyl (C=O) groups is 1. The molecule has 0 spiro atoms. The summed E-state index contributed by atoms with van der Waals surface area (Å²) in [4.78, 5) is 13.0. The first kappa shape index (κ1) is 12.4. The Morgan fingerprint density at radius 3 is 2.67 bits per heavy atom. The van der Waals surface area contributed by atoms with Crippen LogP contribution >= 0.6 is 0 Å². The molecule has 1 aliphatic heterocycles. The van der Waals surface area contributed by atoms with Gasteiger partial charge in [0.25, 0.3) is 0 Å². The maximum Gasteiger partial charge on any atom is 0.219 e. The van der Waals surface area contributed by atoms with Crippen molar-refractivity contribution in [2.45, 2.75) is 38.6 Å². The minimum atomic E-state index is -3.41. The molecule has 15 heavy (non-hydrogen) atoms. The van der Waals surface area contributed by atoms with Crippen LogP contribution in [0.3, 0.4) is 0 Å². The summed E-state index contributed by atoms with van der Waals surface area (Å²) in [5.41, 5.74) is 0. The average Bonchev–Trinajstić information content (AvgIpc) is 2.14. The lowest BCUT2D eigenvalue weighted by atomic mass is 10.00. The summed E-state index contributed by atoms with van der Waals surface area (Å²) < 4.78 is 21.6. The zero-order chi connectivity index (χ0) is 11.5. The third-order valence-electron chi connectivity index (χ3n) is 2.77. The Morgan fingerprint density at radius 2 is 2.13 bits per heavy atom. The first-order chi connectivity index (χ1) is 6.90. The van der Waals surface area contributed by atoms with Crippen LogP contribution in [0.2, 0.25) is 0 Å². The van der Waals surface area contributed by atoms with Crippen molar-refractivity contribution in [1.29, 1.82) is 0 Å². The van der Waals surface area contributed by atoms with Crippen molar-refractivity contribution in [3.05, 3.63) is 0 Å². The van der Waals surface area contributed by atoms with E-state index in [-0.39, 0.29) is 17.7 Å². The third-order valence-corrected chi connectivity index (χ3v) is 3.57. The Balaban J connectivity index is 2.54. The van der Waals surface area contributed by atoms with E-state index in [1.54, 1.807) is 4.90 Å². The first-order valence-corrected chi connectivity index (χ1v) is 6.89. The van der Waals surface area contributed by atoms with Crippen LogP contribution in [0, 0.1) is 0 Å². The van der Waals surface area contributed by atoms with E-state index in [4.69, 9.17) is 5.14 Å². The number of hydrogen-bond acceptors (Lipinski definition) is 3. The molecule has 1 unspecified atom stereocenters. The highest BCUT2D eigenvalue weighted by Crippen LogP contribution is 2.19. The molecule has 1 fully saturated rings. The van der Waals surface area contributed by atoms with Gasteiger partial charge in [-0.15, -0.1) is 0 Å².